The normalized spacial score (nSPS) is 10.8. The van der Waals surface area contributed by atoms with E-state index in [0.29, 0.717) is 5.52 Å². The molecule has 18 heavy (non-hydrogen) atoms. The highest BCUT2D eigenvalue weighted by molar-refractivity contribution is 6.01. The van der Waals surface area contributed by atoms with Crippen molar-refractivity contribution in [2.75, 3.05) is 19.1 Å². The summed E-state index contributed by atoms with van der Waals surface area (Å²) in [7, 11) is 3.78. The van der Waals surface area contributed by atoms with Crippen LogP contribution in [0.5, 0.6) is 0 Å². The van der Waals surface area contributed by atoms with Gasteiger partial charge in [-0.1, -0.05) is 13.0 Å². The summed E-state index contributed by atoms with van der Waals surface area (Å²) in [5.74, 6) is -0.0298. The number of rotatable bonds is 4. The lowest BCUT2D eigenvalue weighted by atomic mass is 10.2. The molecule has 0 saturated carbocycles. The highest BCUT2D eigenvalue weighted by Gasteiger charge is 2.18. The van der Waals surface area contributed by atoms with Gasteiger partial charge in [0.25, 0.3) is 0 Å². The highest BCUT2D eigenvalue weighted by Crippen LogP contribution is 2.21. The largest absolute Gasteiger partial charge is 0.478 e. The van der Waals surface area contributed by atoms with E-state index in [1.807, 2.05) is 29.8 Å². The first-order valence-electron chi connectivity index (χ1n) is 5.97. The highest BCUT2D eigenvalue weighted by atomic mass is 16.4. The number of aromatic nitrogens is 2. The topological polar surface area (TPSA) is 58.4 Å². The summed E-state index contributed by atoms with van der Waals surface area (Å²) in [6, 6.07) is 5.19. The fourth-order valence-corrected chi connectivity index (χ4v) is 2.15. The van der Waals surface area contributed by atoms with Gasteiger partial charge in [0.15, 0.2) is 0 Å². The van der Waals surface area contributed by atoms with Crippen LogP contribution in [0.4, 0.5) is 0 Å². The van der Waals surface area contributed by atoms with Gasteiger partial charge in [0, 0.05) is 20.5 Å². The predicted octanol–water partition coefficient (Wildman–Crippen LogP) is 1.88. The van der Waals surface area contributed by atoms with Crippen LogP contribution in [0.25, 0.3) is 11.0 Å². The summed E-state index contributed by atoms with van der Waals surface area (Å²) in [6.45, 7) is 2.08. The van der Waals surface area contributed by atoms with Crippen molar-refractivity contribution in [1.82, 2.24) is 9.66 Å². The lowest BCUT2D eigenvalue weighted by Crippen LogP contribution is -2.27. The first-order chi connectivity index (χ1) is 8.56. The van der Waals surface area contributed by atoms with E-state index >= 15 is 0 Å². The minimum absolute atomic E-state index is 0.288. The van der Waals surface area contributed by atoms with Crippen molar-refractivity contribution >= 4 is 17.0 Å². The van der Waals surface area contributed by atoms with Gasteiger partial charge in [-0.25, -0.2) is 14.5 Å². The maximum Gasteiger partial charge on any atom is 0.337 e. The SMILES string of the molecule is CCCc1nc2cccc(C(=O)O)c2n1N(C)C. The summed E-state index contributed by atoms with van der Waals surface area (Å²) < 4.78 is 1.88. The van der Waals surface area contributed by atoms with Gasteiger partial charge >= 0.3 is 5.97 Å². The molecule has 0 unspecified atom stereocenters. The zero-order valence-corrected chi connectivity index (χ0v) is 10.8. The molecule has 1 heterocycles. The van der Waals surface area contributed by atoms with E-state index < -0.39 is 5.97 Å². The molecule has 5 heteroatoms. The first kappa shape index (κ1) is 12.4. The Morgan fingerprint density at radius 1 is 1.44 bits per heavy atom. The van der Waals surface area contributed by atoms with Crippen LogP contribution in [0.1, 0.15) is 29.5 Å². The van der Waals surface area contributed by atoms with E-state index in [-0.39, 0.29) is 5.56 Å². The Bertz CT molecular complexity index is 587. The van der Waals surface area contributed by atoms with Gasteiger partial charge in [0.05, 0.1) is 11.1 Å². The maximum absolute atomic E-state index is 11.3. The Balaban J connectivity index is 2.79. The third-order valence-corrected chi connectivity index (χ3v) is 2.82. The fraction of sp³-hybridized carbons (Fsp3) is 0.385. The number of carbonyl (C=O) groups is 1. The van der Waals surface area contributed by atoms with E-state index in [1.165, 1.54) is 0 Å². The van der Waals surface area contributed by atoms with Gasteiger partial charge in [-0.05, 0) is 18.6 Å². The molecule has 0 radical (unpaired) electrons. The molecule has 0 spiro atoms. The van der Waals surface area contributed by atoms with Crippen molar-refractivity contribution in [3.05, 3.63) is 29.6 Å². The number of para-hydroxylation sites is 1. The van der Waals surface area contributed by atoms with Crippen LogP contribution >= 0.6 is 0 Å². The molecular weight excluding hydrogens is 230 g/mol. The number of imidazole rings is 1. The second-order valence-electron chi connectivity index (χ2n) is 4.42. The van der Waals surface area contributed by atoms with Crippen molar-refractivity contribution in [3.63, 3.8) is 0 Å². The number of hydrogen-bond acceptors (Lipinski definition) is 3. The lowest BCUT2D eigenvalue weighted by Gasteiger charge is -2.18. The van der Waals surface area contributed by atoms with Crippen molar-refractivity contribution in [1.29, 1.82) is 0 Å². The van der Waals surface area contributed by atoms with E-state index in [1.54, 1.807) is 12.1 Å². The Hall–Kier alpha value is -2.04. The lowest BCUT2D eigenvalue weighted by molar-refractivity contribution is 0.0698. The molecule has 0 aliphatic rings. The molecule has 96 valence electrons. The molecular formula is C13H17N3O2. The standard InChI is InChI=1S/C13H17N3O2/c1-4-6-11-14-10-8-5-7-9(13(17)18)12(10)16(11)15(2)3/h5,7-8H,4,6H2,1-3H3,(H,17,18). The molecule has 1 aromatic heterocycles. The average molecular weight is 247 g/mol. The smallest absolute Gasteiger partial charge is 0.337 e. The molecule has 0 atom stereocenters. The van der Waals surface area contributed by atoms with Crippen LogP contribution in [-0.2, 0) is 6.42 Å². The zero-order chi connectivity index (χ0) is 13.3. The number of carboxylic acid groups (broad SMARTS) is 1. The van der Waals surface area contributed by atoms with Crippen LogP contribution in [0.2, 0.25) is 0 Å². The maximum atomic E-state index is 11.3. The van der Waals surface area contributed by atoms with Gasteiger partial charge in [-0.2, -0.15) is 0 Å². The first-order valence-corrected chi connectivity index (χ1v) is 5.97. The molecule has 0 bridgehead atoms. The van der Waals surface area contributed by atoms with Crippen LogP contribution in [0.3, 0.4) is 0 Å². The Morgan fingerprint density at radius 3 is 2.72 bits per heavy atom. The van der Waals surface area contributed by atoms with Gasteiger partial charge in [-0.3, -0.25) is 0 Å². The van der Waals surface area contributed by atoms with Crippen molar-refractivity contribution in [2.24, 2.45) is 0 Å². The van der Waals surface area contributed by atoms with Gasteiger partial charge in [0.1, 0.15) is 11.3 Å². The summed E-state index contributed by atoms with van der Waals surface area (Å²) in [5, 5.41) is 11.1. The quantitative estimate of drug-likeness (QED) is 0.896. The Labute approximate surface area is 106 Å². The molecule has 1 aromatic carbocycles. The third kappa shape index (κ3) is 1.92. The summed E-state index contributed by atoms with van der Waals surface area (Å²) >= 11 is 0. The minimum atomic E-state index is -0.924. The van der Waals surface area contributed by atoms with Crippen LogP contribution in [0.15, 0.2) is 18.2 Å². The van der Waals surface area contributed by atoms with E-state index in [9.17, 15) is 9.90 Å². The average Bonchev–Trinajstić information content (AvgIpc) is 2.66. The second kappa shape index (κ2) is 4.68. The van der Waals surface area contributed by atoms with Crippen LogP contribution in [0, 0.1) is 0 Å². The fourth-order valence-electron chi connectivity index (χ4n) is 2.15. The summed E-state index contributed by atoms with van der Waals surface area (Å²) in [4.78, 5) is 15.8. The predicted molar refractivity (Wildman–Crippen MR) is 70.8 cm³/mol. The molecule has 0 aliphatic carbocycles. The zero-order valence-electron chi connectivity index (χ0n) is 10.8. The molecule has 0 amide bonds. The number of aromatic carboxylic acids is 1. The number of hydrogen-bond donors (Lipinski definition) is 1. The Kier molecular flexibility index (Phi) is 3.23. The molecule has 0 saturated heterocycles. The number of fused-ring (bicyclic) bond motifs is 1. The summed E-state index contributed by atoms with van der Waals surface area (Å²) in [6.07, 6.45) is 1.80. The summed E-state index contributed by atoms with van der Waals surface area (Å²) in [5.41, 5.74) is 1.68. The number of carboxylic acids is 1. The minimum Gasteiger partial charge on any atom is -0.478 e. The molecule has 1 N–H and O–H groups in total. The van der Waals surface area contributed by atoms with Crippen molar-refractivity contribution in [2.45, 2.75) is 19.8 Å². The molecule has 5 nitrogen and oxygen atoms in total. The molecule has 0 aliphatic heterocycles. The molecule has 2 rings (SSSR count). The van der Waals surface area contributed by atoms with Crippen molar-refractivity contribution < 1.29 is 9.90 Å². The van der Waals surface area contributed by atoms with E-state index in [2.05, 4.69) is 11.9 Å². The number of aryl methyl sites for hydroxylation is 1. The molecule has 2 aromatic rings. The van der Waals surface area contributed by atoms with Gasteiger partial charge in [-0.15, -0.1) is 0 Å². The monoisotopic (exact) mass is 247 g/mol. The van der Waals surface area contributed by atoms with Gasteiger partial charge < -0.3 is 10.1 Å². The van der Waals surface area contributed by atoms with Crippen LogP contribution < -0.4 is 5.01 Å². The molecule has 0 fully saturated rings. The second-order valence-corrected chi connectivity index (χ2v) is 4.42. The van der Waals surface area contributed by atoms with E-state index in [0.717, 1.165) is 24.2 Å². The third-order valence-electron chi connectivity index (χ3n) is 2.82. The van der Waals surface area contributed by atoms with Crippen molar-refractivity contribution in [3.8, 4) is 0 Å². The Morgan fingerprint density at radius 2 is 2.17 bits per heavy atom. The number of nitrogens with zero attached hydrogens (tertiary/aromatic N) is 3. The number of benzene rings is 1. The van der Waals surface area contributed by atoms with Crippen LogP contribution in [-0.4, -0.2) is 34.8 Å². The van der Waals surface area contributed by atoms with E-state index in [4.69, 9.17) is 0 Å². The van der Waals surface area contributed by atoms with Gasteiger partial charge in [0.2, 0.25) is 0 Å².